The number of hydrogen-bond donors (Lipinski definition) is 0. The first-order valence-corrected chi connectivity index (χ1v) is 16.3. The molecule has 23 heteroatoms. The number of ether oxygens (including phenoxy) is 3. The number of carbonyl (C=O) groups is 2. The normalized spacial score (nSPS) is 11.8. The average Bonchev–Trinajstić information content (AvgIpc) is 3.18. The maximum Gasteiger partial charge on any atom is 0.434 e. The van der Waals surface area contributed by atoms with Gasteiger partial charge in [0.25, 0.3) is 11.1 Å². The van der Waals surface area contributed by atoms with Crippen LogP contribution in [0, 0.1) is 0 Å². The van der Waals surface area contributed by atoms with Crippen molar-refractivity contribution in [3.63, 3.8) is 0 Å². The topological polar surface area (TPSA) is 131 Å². The molecule has 0 bridgehead atoms. The number of esters is 1. The zero-order valence-electron chi connectivity index (χ0n) is 29.8. The van der Waals surface area contributed by atoms with Crippen molar-refractivity contribution in [2.75, 3.05) is 20.3 Å². The third-order valence-electron chi connectivity index (χ3n) is 7.87. The van der Waals surface area contributed by atoms with Crippen LogP contribution >= 0.6 is 0 Å². The number of halogens is 12. The number of carbonyl (C=O) groups excluding carboxylic acids is 2. The van der Waals surface area contributed by atoms with E-state index in [0.717, 1.165) is 89.0 Å². The molecule has 0 saturated carbocycles. The number of alkyl halides is 12. The van der Waals surface area contributed by atoms with Gasteiger partial charge in [-0.25, -0.2) is 14.8 Å². The number of nitrogens with zero attached hydrogens (tertiary/aromatic N) is 4. The maximum atomic E-state index is 13.6. The van der Waals surface area contributed by atoms with Crippen molar-refractivity contribution in [1.82, 2.24) is 18.8 Å². The SMILES string of the molecule is C.C.COC(=O)c1ccn2c(=O)c(-c3ccc(OCC(F)(F)F)cc3)c(C(F)(F)F)nc2c1.O=Cc1ccn2c(=O)c(-c3ccc(OCC(F)(F)F)cc3)c(C(F)(F)F)nc2c1. The Morgan fingerprint density at radius 1 is 0.613 bits per heavy atom. The van der Waals surface area contributed by atoms with E-state index in [9.17, 15) is 71.9 Å². The first kappa shape index (κ1) is 49.4. The molecule has 0 radical (unpaired) electrons. The van der Waals surface area contributed by atoms with Crippen LogP contribution in [0.4, 0.5) is 52.7 Å². The van der Waals surface area contributed by atoms with E-state index in [2.05, 4.69) is 24.2 Å². The highest BCUT2D eigenvalue weighted by Crippen LogP contribution is 2.36. The van der Waals surface area contributed by atoms with Gasteiger partial charge >= 0.3 is 30.7 Å². The zero-order chi connectivity index (χ0) is 44.4. The van der Waals surface area contributed by atoms with E-state index < -0.39 is 83.2 Å². The second-order valence-corrected chi connectivity index (χ2v) is 12.1. The Balaban J connectivity index is 0.000000321. The van der Waals surface area contributed by atoms with Crippen LogP contribution in [0.5, 0.6) is 11.5 Å². The van der Waals surface area contributed by atoms with Crippen LogP contribution < -0.4 is 20.6 Å². The summed E-state index contributed by atoms with van der Waals surface area (Å²) in [7, 11) is 1.08. The Morgan fingerprint density at radius 2 is 1.00 bits per heavy atom. The van der Waals surface area contributed by atoms with Crippen molar-refractivity contribution in [3.8, 4) is 33.8 Å². The molecule has 0 amide bonds. The Morgan fingerprint density at radius 3 is 1.35 bits per heavy atom. The third kappa shape index (κ3) is 11.7. The second kappa shape index (κ2) is 18.8. The number of aromatic nitrogens is 4. The Hall–Kier alpha value is -6.94. The van der Waals surface area contributed by atoms with Crippen LogP contribution in [-0.4, -0.2) is 63.7 Å². The van der Waals surface area contributed by atoms with Crippen molar-refractivity contribution in [1.29, 1.82) is 0 Å². The first-order valence-electron chi connectivity index (χ1n) is 16.3. The van der Waals surface area contributed by atoms with Crippen molar-refractivity contribution in [3.05, 3.63) is 128 Å². The smallest absolute Gasteiger partial charge is 0.434 e. The van der Waals surface area contributed by atoms with Crippen LogP contribution in [0.25, 0.3) is 33.5 Å². The predicted octanol–water partition coefficient (Wildman–Crippen LogP) is 9.51. The fourth-order valence-electron chi connectivity index (χ4n) is 5.31. The minimum absolute atomic E-state index is 0. The molecule has 0 spiro atoms. The molecule has 0 saturated heterocycles. The minimum Gasteiger partial charge on any atom is -0.484 e. The summed E-state index contributed by atoms with van der Waals surface area (Å²) in [5.41, 5.74) is -8.03. The van der Waals surface area contributed by atoms with E-state index in [0.29, 0.717) is 6.29 Å². The van der Waals surface area contributed by atoms with E-state index in [1.54, 1.807) is 0 Å². The van der Waals surface area contributed by atoms with Gasteiger partial charge in [0, 0.05) is 18.0 Å². The molecule has 0 N–H and O–H groups in total. The molecule has 332 valence electrons. The van der Waals surface area contributed by atoms with Crippen LogP contribution in [0.1, 0.15) is 47.0 Å². The highest BCUT2D eigenvalue weighted by atomic mass is 19.4. The van der Waals surface area contributed by atoms with Crippen LogP contribution in [0.3, 0.4) is 0 Å². The zero-order valence-corrected chi connectivity index (χ0v) is 29.8. The lowest BCUT2D eigenvalue weighted by molar-refractivity contribution is -0.154. The summed E-state index contributed by atoms with van der Waals surface area (Å²) in [6, 6.07) is 12.6. The van der Waals surface area contributed by atoms with Gasteiger partial charge in [-0.05, 0) is 59.7 Å². The summed E-state index contributed by atoms with van der Waals surface area (Å²) in [6.07, 6.45) is -16.6. The molecule has 6 aromatic rings. The average molecular weight is 895 g/mol. The molecular weight excluding hydrogens is 864 g/mol. The van der Waals surface area contributed by atoms with Gasteiger partial charge in [0.2, 0.25) is 0 Å². The predicted molar refractivity (Wildman–Crippen MR) is 197 cm³/mol. The lowest BCUT2D eigenvalue weighted by atomic mass is 10.0. The molecule has 0 aliphatic rings. The van der Waals surface area contributed by atoms with Crippen molar-refractivity contribution >= 4 is 23.5 Å². The van der Waals surface area contributed by atoms with Gasteiger partial charge in [-0.1, -0.05) is 39.1 Å². The molecule has 2 aromatic carbocycles. The van der Waals surface area contributed by atoms with Gasteiger partial charge in [-0.15, -0.1) is 0 Å². The Labute approximate surface area is 340 Å². The maximum absolute atomic E-state index is 13.6. The first-order chi connectivity index (χ1) is 27.9. The van der Waals surface area contributed by atoms with Crippen molar-refractivity contribution < 1.29 is 76.5 Å². The van der Waals surface area contributed by atoms with E-state index in [1.165, 1.54) is 12.1 Å². The lowest BCUT2D eigenvalue weighted by Gasteiger charge is -2.14. The number of aldehydes is 1. The fourth-order valence-corrected chi connectivity index (χ4v) is 5.31. The molecule has 0 unspecified atom stereocenters. The number of hydrogen-bond acceptors (Lipinski definition) is 9. The summed E-state index contributed by atoms with van der Waals surface area (Å²) >= 11 is 0. The number of pyridine rings is 2. The van der Waals surface area contributed by atoms with Crippen LogP contribution in [0.2, 0.25) is 0 Å². The van der Waals surface area contributed by atoms with Gasteiger partial charge in [0.15, 0.2) is 24.6 Å². The largest absolute Gasteiger partial charge is 0.484 e. The molecule has 4 heterocycles. The summed E-state index contributed by atoms with van der Waals surface area (Å²) in [6.45, 7) is -3.15. The standard InChI is InChI=1S/C19H12F6N2O4.C18H10F6N2O3.2CH4/c1-30-17(29)11-6-7-27-13(8-11)26-15(19(23,24)25)14(16(27)28)10-2-4-12(5-3-10)31-9-18(20,21)22;19-17(20,21)9-29-12-3-1-11(2-4-12)14-15(18(22,23)24)25-13-7-10(8-27)5-6-26(13)16(14)28;;/h2-8H,9H2,1H3;1-8H,9H2;2*1H4. The molecule has 0 atom stereocenters. The lowest BCUT2D eigenvalue weighted by Crippen LogP contribution is -2.24. The molecule has 11 nitrogen and oxygen atoms in total. The highest BCUT2D eigenvalue weighted by Gasteiger charge is 2.39. The molecular formula is C39H30F12N4O7. The van der Waals surface area contributed by atoms with E-state index in [1.807, 2.05) is 0 Å². The minimum atomic E-state index is -5.03. The van der Waals surface area contributed by atoms with Crippen molar-refractivity contribution in [2.24, 2.45) is 0 Å². The van der Waals surface area contributed by atoms with Crippen LogP contribution in [-0.2, 0) is 17.1 Å². The van der Waals surface area contributed by atoms with Gasteiger partial charge in [-0.3, -0.25) is 23.2 Å². The van der Waals surface area contributed by atoms with Crippen LogP contribution in [0.15, 0.2) is 94.8 Å². The Bertz CT molecular complexity index is 2670. The second-order valence-electron chi connectivity index (χ2n) is 12.1. The van der Waals surface area contributed by atoms with Gasteiger partial charge < -0.3 is 14.2 Å². The molecule has 0 fully saturated rings. The number of rotatable bonds is 8. The summed E-state index contributed by atoms with van der Waals surface area (Å²) in [5.74, 6) is -1.31. The van der Waals surface area contributed by atoms with Gasteiger partial charge in [-0.2, -0.15) is 52.7 Å². The van der Waals surface area contributed by atoms with E-state index in [4.69, 9.17) is 0 Å². The molecule has 62 heavy (non-hydrogen) atoms. The number of methoxy groups -OCH3 is 1. The van der Waals surface area contributed by atoms with E-state index >= 15 is 0 Å². The Kier molecular flexibility index (Phi) is 15.0. The molecule has 4 aromatic heterocycles. The highest BCUT2D eigenvalue weighted by molar-refractivity contribution is 5.90. The third-order valence-corrected chi connectivity index (χ3v) is 7.87. The summed E-state index contributed by atoms with van der Waals surface area (Å²) in [5, 5.41) is 0. The number of fused-ring (bicyclic) bond motifs is 2. The summed E-state index contributed by atoms with van der Waals surface area (Å²) < 4.78 is 170. The molecule has 0 aliphatic carbocycles. The summed E-state index contributed by atoms with van der Waals surface area (Å²) in [4.78, 5) is 54.9. The number of benzene rings is 2. The van der Waals surface area contributed by atoms with E-state index in [-0.39, 0.29) is 54.3 Å². The van der Waals surface area contributed by atoms with Gasteiger partial charge in [0.1, 0.15) is 29.1 Å². The molecule has 0 aliphatic heterocycles. The molecule has 6 rings (SSSR count). The van der Waals surface area contributed by atoms with Crippen molar-refractivity contribution in [2.45, 2.75) is 39.6 Å². The monoisotopic (exact) mass is 894 g/mol. The fraction of sp³-hybridized carbons (Fsp3) is 0.231. The quantitative estimate of drug-likeness (QED) is 0.0833. The van der Waals surface area contributed by atoms with Gasteiger partial charge in [0.05, 0.1) is 23.8 Å².